The van der Waals surface area contributed by atoms with Crippen LogP contribution < -0.4 is 5.32 Å². The monoisotopic (exact) mass is 217 g/mol. The Kier molecular flexibility index (Phi) is 5.74. The molecule has 0 amide bonds. The number of aromatic nitrogens is 2. The molecule has 0 atom stereocenters. The molecule has 0 aliphatic heterocycles. The smallest absolute Gasteiger partial charge is 0.222 e. The standard InChI is InChI=1S/C5H6BrN3.C2H6/c1-7-5-8-2-4(6)3-9-5;1-2/h2-3H,1H3,(H,7,8,9);1-2H3. The van der Waals surface area contributed by atoms with Crippen LogP contribution in [0, 0.1) is 0 Å². The summed E-state index contributed by atoms with van der Waals surface area (Å²) in [4.78, 5) is 7.86. The van der Waals surface area contributed by atoms with E-state index in [1.807, 2.05) is 13.8 Å². The van der Waals surface area contributed by atoms with Crippen molar-refractivity contribution in [3.63, 3.8) is 0 Å². The molecule has 1 rings (SSSR count). The van der Waals surface area contributed by atoms with Crippen LogP contribution in [-0.2, 0) is 0 Å². The molecule has 1 heterocycles. The van der Waals surface area contributed by atoms with E-state index in [2.05, 4.69) is 31.2 Å². The number of nitrogens with one attached hydrogen (secondary N) is 1. The van der Waals surface area contributed by atoms with Gasteiger partial charge in [-0.25, -0.2) is 9.97 Å². The highest BCUT2D eigenvalue weighted by atomic mass is 79.9. The summed E-state index contributed by atoms with van der Waals surface area (Å²) in [5.41, 5.74) is 0. The number of nitrogens with zero attached hydrogens (tertiary/aromatic N) is 2. The largest absolute Gasteiger partial charge is 0.357 e. The summed E-state index contributed by atoms with van der Waals surface area (Å²) in [5.74, 6) is 0.637. The molecule has 4 heteroatoms. The molecule has 0 bridgehead atoms. The minimum atomic E-state index is 0.637. The molecule has 0 aliphatic carbocycles. The van der Waals surface area contributed by atoms with Crippen LogP contribution >= 0.6 is 15.9 Å². The first-order valence-corrected chi connectivity index (χ1v) is 4.27. The van der Waals surface area contributed by atoms with Crippen LogP contribution in [0.1, 0.15) is 13.8 Å². The summed E-state index contributed by atoms with van der Waals surface area (Å²) in [6.07, 6.45) is 3.39. The van der Waals surface area contributed by atoms with E-state index in [1.54, 1.807) is 19.4 Å². The van der Waals surface area contributed by atoms with Gasteiger partial charge in [0, 0.05) is 19.4 Å². The zero-order valence-corrected chi connectivity index (χ0v) is 8.51. The Morgan fingerprint density at radius 3 is 2.09 bits per heavy atom. The van der Waals surface area contributed by atoms with E-state index >= 15 is 0 Å². The van der Waals surface area contributed by atoms with Crippen LogP contribution in [0.4, 0.5) is 5.95 Å². The summed E-state index contributed by atoms with van der Waals surface area (Å²) in [6.45, 7) is 4.00. The molecular weight excluding hydrogens is 206 g/mol. The molecule has 0 saturated heterocycles. The Hall–Kier alpha value is -0.640. The normalized spacial score (nSPS) is 8.00. The molecule has 0 unspecified atom stereocenters. The lowest BCUT2D eigenvalue weighted by Gasteiger charge is -1.94. The zero-order valence-electron chi connectivity index (χ0n) is 6.93. The number of hydrogen-bond acceptors (Lipinski definition) is 3. The van der Waals surface area contributed by atoms with Crippen LogP contribution in [0.25, 0.3) is 0 Å². The Morgan fingerprint density at radius 2 is 1.73 bits per heavy atom. The van der Waals surface area contributed by atoms with Gasteiger partial charge in [0.15, 0.2) is 0 Å². The third kappa shape index (κ3) is 3.93. The molecule has 3 nitrogen and oxygen atoms in total. The van der Waals surface area contributed by atoms with Crippen LogP contribution in [0.3, 0.4) is 0 Å². The molecule has 62 valence electrons. The van der Waals surface area contributed by atoms with Crippen molar-refractivity contribution in [2.24, 2.45) is 0 Å². The number of anilines is 1. The van der Waals surface area contributed by atoms with E-state index in [9.17, 15) is 0 Å². The molecule has 11 heavy (non-hydrogen) atoms. The predicted molar refractivity (Wildman–Crippen MR) is 50.6 cm³/mol. The summed E-state index contributed by atoms with van der Waals surface area (Å²) in [7, 11) is 1.78. The summed E-state index contributed by atoms with van der Waals surface area (Å²) in [5, 5.41) is 2.81. The zero-order chi connectivity index (χ0) is 8.69. The molecule has 0 fully saturated rings. The van der Waals surface area contributed by atoms with Gasteiger partial charge in [-0.1, -0.05) is 13.8 Å². The van der Waals surface area contributed by atoms with E-state index in [0.29, 0.717) is 5.95 Å². The van der Waals surface area contributed by atoms with Crippen molar-refractivity contribution in [3.8, 4) is 0 Å². The Balaban J connectivity index is 0.000000461. The lowest BCUT2D eigenvalue weighted by atomic mass is 10.7. The van der Waals surface area contributed by atoms with E-state index in [1.165, 1.54) is 0 Å². The van der Waals surface area contributed by atoms with Crippen molar-refractivity contribution in [1.29, 1.82) is 0 Å². The van der Waals surface area contributed by atoms with Gasteiger partial charge in [-0.05, 0) is 15.9 Å². The topological polar surface area (TPSA) is 37.8 Å². The first-order valence-electron chi connectivity index (χ1n) is 3.48. The average Bonchev–Trinajstić information content (AvgIpc) is 2.10. The van der Waals surface area contributed by atoms with Crippen LogP contribution in [0.5, 0.6) is 0 Å². The highest BCUT2D eigenvalue weighted by Gasteiger charge is 1.88. The lowest BCUT2D eigenvalue weighted by molar-refractivity contribution is 1.14. The fraction of sp³-hybridized carbons (Fsp3) is 0.429. The van der Waals surface area contributed by atoms with Crippen molar-refractivity contribution < 1.29 is 0 Å². The lowest BCUT2D eigenvalue weighted by Crippen LogP contribution is -1.93. The second-order valence-corrected chi connectivity index (χ2v) is 2.39. The minimum Gasteiger partial charge on any atom is -0.357 e. The molecule has 0 radical (unpaired) electrons. The number of halogens is 1. The van der Waals surface area contributed by atoms with E-state index in [-0.39, 0.29) is 0 Å². The quantitative estimate of drug-likeness (QED) is 0.785. The Bertz CT molecular complexity index is 185. The molecule has 0 spiro atoms. The van der Waals surface area contributed by atoms with Gasteiger partial charge < -0.3 is 5.32 Å². The van der Waals surface area contributed by atoms with E-state index in [0.717, 1.165) is 4.47 Å². The van der Waals surface area contributed by atoms with Gasteiger partial charge in [0.05, 0.1) is 4.47 Å². The molecular formula is C7H12BrN3. The predicted octanol–water partition coefficient (Wildman–Crippen LogP) is 2.31. The Morgan fingerprint density at radius 1 is 1.27 bits per heavy atom. The summed E-state index contributed by atoms with van der Waals surface area (Å²) in [6, 6.07) is 0. The maximum absolute atomic E-state index is 3.93. The second kappa shape index (κ2) is 6.09. The minimum absolute atomic E-state index is 0.637. The molecule has 1 aromatic heterocycles. The maximum Gasteiger partial charge on any atom is 0.222 e. The fourth-order valence-corrected chi connectivity index (χ4v) is 0.646. The van der Waals surface area contributed by atoms with Crippen molar-refractivity contribution in [3.05, 3.63) is 16.9 Å². The van der Waals surface area contributed by atoms with Crippen molar-refractivity contribution in [1.82, 2.24) is 9.97 Å². The average molecular weight is 218 g/mol. The van der Waals surface area contributed by atoms with Gasteiger partial charge in [0.25, 0.3) is 0 Å². The van der Waals surface area contributed by atoms with Crippen molar-refractivity contribution >= 4 is 21.9 Å². The van der Waals surface area contributed by atoms with Gasteiger partial charge in [0.2, 0.25) is 5.95 Å². The van der Waals surface area contributed by atoms with Gasteiger partial charge in [0.1, 0.15) is 0 Å². The molecule has 0 aliphatic rings. The number of hydrogen-bond donors (Lipinski definition) is 1. The highest BCUT2D eigenvalue weighted by Crippen LogP contribution is 2.05. The first-order chi connectivity index (χ1) is 5.33. The van der Waals surface area contributed by atoms with Crippen molar-refractivity contribution in [2.45, 2.75) is 13.8 Å². The van der Waals surface area contributed by atoms with Gasteiger partial charge in [-0.3, -0.25) is 0 Å². The highest BCUT2D eigenvalue weighted by molar-refractivity contribution is 9.10. The van der Waals surface area contributed by atoms with E-state index in [4.69, 9.17) is 0 Å². The molecule has 0 saturated carbocycles. The molecule has 1 N–H and O–H groups in total. The number of rotatable bonds is 1. The second-order valence-electron chi connectivity index (χ2n) is 1.47. The van der Waals surface area contributed by atoms with E-state index < -0.39 is 0 Å². The van der Waals surface area contributed by atoms with Gasteiger partial charge >= 0.3 is 0 Å². The fourth-order valence-electron chi connectivity index (χ4n) is 0.441. The SMILES string of the molecule is CC.CNc1ncc(Br)cn1. The first kappa shape index (κ1) is 10.4. The van der Waals surface area contributed by atoms with Crippen LogP contribution in [0.15, 0.2) is 16.9 Å². The molecule has 0 aromatic carbocycles. The van der Waals surface area contributed by atoms with Crippen molar-refractivity contribution in [2.75, 3.05) is 12.4 Å². The summed E-state index contributed by atoms with van der Waals surface area (Å²) >= 11 is 3.22. The third-order valence-corrected chi connectivity index (χ3v) is 1.25. The van der Waals surface area contributed by atoms with Crippen LogP contribution in [0.2, 0.25) is 0 Å². The van der Waals surface area contributed by atoms with Gasteiger partial charge in [-0.15, -0.1) is 0 Å². The molecule has 1 aromatic rings. The maximum atomic E-state index is 3.93. The summed E-state index contributed by atoms with van der Waals surface area (Å²) < 4.78 is 0.890. The van der Waals surface area contributed by atoms with Crippen LogP contribution in [-0.4, -0.2) is 17.0 Å². The third-order valence-electron chi connectivity index (χ3n) is 0.844. The Labute approximate surface area is 75.4 Å². The van der Waals surface area contributed by atoms with Gasteiger partial charge in [-0.2, -0.15) is 0 Å².